The lowest BCUT2D eigenvalue weighted by molar-refractivity contribution is -0.138. The lowest BCUT2D eigenvalue weighted by Gasteiger charge is -2.21. The summed E-state index contributed by atoms with van der Waals surface area (Å²) < 4.78 is 10.4. The number of benzene rings is 1. The summed E-state index contributed by atoms with van der Waals surface area (Å²) in [7, 11) is 1.29. The highest BCUT2D eigenvalue weighted by Gasteiger charge is 2.30. The van der Waals surface area contributed by atoms with Crippen LogP contribution in [0, 0.1) is 6.92 Å². The van der Waals surface area contributed by atoms with Crippen LogP contribution >= 0.6 is 0 Å². The maximum Gasteiger partial charge on any atom is 0.325 e. The predicted octanol–water partition coefficient (Wildman–Crippen LogP) is 2.32. The molecule has 0 unspecified atom stereocenters. The van der Waals surface area contributed by atoms with Crippen molar-refractivity contribution in [1.29, 1.82) is 0 Å². The molecule has 0 saturated carbocycles. The van der Waals surface area contributed by atoms with Crippen LogP contribution in [0.1, 0.15) is 15.9 Å². The van der Waals surface area contributed by atoms with E-state index >= 15 is 0 Å². The third kappa shape index (κ3) is 2.39. The molecule has 1 aliphatic rings. The number of ether oxygens (including phenoxy) is 2. The van der Waals surface area contributed by atoms with Crippen LogP contribution in [-0.2, 0) is 9.53 Å². The number of methoxy groups -OCH3 is 1. The van der Waals surface area contributed by atoms with E-state index in [0.29, 0.717) is 17.0 Å². The Bertz CT molecular complexity index is 758. The molecule has 6 nitrogen and oxygen atoms in total. The predicted molar refractivity (Wildman–Crippen MR) is 79.2 cm³/mol. The molecule has 1 amide bonds. The summed E-state index contributed by atoms with van der Waals surface area (Å²) in [6, 6.07) is 8.69. The second kappa shape index (κ2) is 5.48. The normalized spacial score (nSPS) is 12.8. The van der Waals surface area contributed by atoms with E-state index in [-0.39, 0.29) is 18.3 Å². The zero-order valence-electron chi connectivity index (χ0n) is 12.2. The molecule has 0 radical (unpaired) electrons. The van der Waals surface area contributed by atoms with Crippen LogP contribution in [0.5, 0.6) is 11.6 Å². The molecule has 6 heteroatoms. The van der Waals surface area contributed by atoms with Crippen molar-refractivity contribution < 1.29 is 19.1 Å². The molecule has 1 aliphatic heterocycles. The first-order chi connectivity index (χ1) is 10.6. The van der Waals surface area contributed by atoms with E-state index in [1.54, 1.807) is 30.5 Å². The Morgan fingerprint density at radius 2 is 2.18 bits per heavy atom. The first kappa shape index (κ1) is 14.1. The molecular formula is C16H14N2O4. The summed E-state index contributed by atoms with van der Waals surface area (Å²) in [5.74, 6) is -0.156. The number of fused-ring (bicyclic) bond motifs is 2. The van der Waals surface area contributed by atoms with Crippen LogP contribution in [0.4, 0.5) is 5.69 Å². The number of esters is 1. The molecule has 1 aromatic carbocycles. The number of carbonyl (C=O) groups is 2. The highest BCUT2D eigenvalue weighted by atomic mass is 16.5. The molecule has 0 atom stereocenters. The second-order valence-corrected chi connectivity index (χ2v) is 4.90. The number of nitrogens with zero attached hydrogens (tertiary/aromatic N) is 2. The second-order valence-electron chi connectivity index (χ2n) is 4.90. The van der Waals surface area contributed by atoms with E-state index in [2.05, 4.69) is 9.72 Å². The SMILES string of the molecule is COC(=O)CN1C(=O)c2cccnc2Oc2ccc(C)cc21. The zero-order valence-corrected chi connectivity index (χ0v) is 12.2. The Labute approximate surface area is 127 Å². The van der Waals surface area contributed by atoms with Gasteiger partial charge >= 0.3 is 5.97 Å². The molecule has 0 bridgehead atoms. The number of hydrogen-bond acceptors (Lipinski definition) is 5. The van der Waals surface area contributed by atoms with Crippen molar-refractivity contribution in [3.05, 3.63) is 47.7 Å². The number of hydrogen-bond donors (Lipinski definition) is 0. The molecule has 2 heterocycles. The van der Waals surface area contributed by atoms with E-state index in [4.69, 9.17) is 4.74 Å². The van der Waals surface area contributed by atoms with Gasteiger partial charge in [-0.3, -0.25) is 14.5 Å². The zero-order chi connectivity index (χ0) is 15.7. The van der Waals surface area contributed by atoms with Crippen LogP contribution in [0.2, 0.25) is 0 Å². The molecule has 0 spiro atoms. The first-order valence-electron chi connectivity index (χ1n) is 6.72. The largest absolute Gasteiger partial charge is 0.468 e. The fraction of sp³-hybridized carbons (Fsp3) is 0.188. The number of carbonyl (C=O) groups excluding carboxylic acids is 2. The Morgan fingerprint density at radius 1 is 1.36 bits per heavy atom. The van der Waals surface area contributed by atoms with E-state index < -0.39 is 5.97 Å². The van der Waals surface area contributed by atoms with Crippen molar-refractivity contribution in [2.45, 2.75) is 6.92 Å². The van der Waals surface area contributed by atoms with Crippen LogP contribution in [0.15, 0.2) is 36.5 Å². The first-order valence-corrected chi connectivity index (χ1v) is 6.72. The van der Waals surface area contributed by atoms with Gasteiger partial charge in [0.1, 0.15) is 12.1 Å². The Hall–Kier alpha value is -2.89. The van der Waals surface area contributed by atoms with Crippen molar-refractivity contribution in [3.8, 4) is 11.6 Å². The van der Waals surface area contributed by atoms with Crippen LogP contribution in [0.25, 0.3) is 0 Å². The fourth-order valence-corrected chi connectivity index (χ4v) is 2.27. The molecule has 2 aromatic rings. The fourth-order valence-electron chi connectivity index (χ4n) is 2.27. The van der Waals surface area contributed by atoms with E-state index in [9.17, 15) is 9.59 Å². The summed E-state index contributed by atoms with van der Waals surface area (Å²) in [6.45, 7) is 1.71. The maximum atomic E-state index is 12.8. The van der Waals surface area contributed by atoms with E-state index in [1.807, 2.05) is 13.0 Å². The Morgan fingerprint density at radius 3 is 2.95 bits per heavy atom. The van der Waals surface area contributed by atoms with Gasteiger partial charge in [-0.05, 0) is 36.8 Å². The monoisotopic (exact) mass is 298 g/mol. The lowest BCUT2D eigenvalue weighted by Crippen LogP contribution is -2.35. The van der Waals surface area contributed by atoms with Crippen molar-refractivity contribution in [3.63, 3.8) is 0 Å². The lowest BCUT2D eigenvalue weighted by atomic mass is 10.1. The van der Waals surface area contributed by atoms with Crippen LogP contribution < -0.4 is 9.64 Å². The average molecular weight is 298 g/mol. The van der Waals surface area contributed by atoms with Crippen LogP contribution in [0.3, 0.4) is 0 Å². The van der Waals surface area contributed by atoms with Gasteiger partial charge in [-0.15, -0.1) is 0 Å². The van der Waals surface area contributed by atoms with Gasteiger partial charge in [-0.1, -0.05) is 6.07 Å². The number of aromatic nitrogens is 1. The summed E-state index contributed by atoms with van der Waals surface area (Å²) in [5, 5.41) is 0. The van der Waals surface area contributed by atoms with Crippen molar-refractivity contribution >= 4 is 17.6 Å². The van der Waals surface area contributed by atoms with Crippen molar-refractivity contribution in [2.24, 2.45) is 0 Å². The summed E-state index contributed by atoms with van der Waals surface area (Å²) in [6.07, 6.45) is 1.55. The third-order valence-electron chi connectivity index (χ3n) is 3.37. The average Bonchev–Trinajstić information content (AvgIpc) is 2.64. The number of amides is 1. The highest BCUT2D eigenvalue weighted by Crippen LogP contribution is 2.38. The number of anilines is 1. The smallest absolute Gasteiger partial charge is 0.325 e. The topological polar surface area (TPSA) is 68.7 Å². The molecule has 1 aromatic heterocycles. The summed E-state index contributed by atoms with van der Waals surface area (Å²) in [5.41, 5.74) is 1.78. The maximum absolute atomic E-state index is 12.8. The molecule has 112 valence electrons. The minimum Gasteiger partial charge on any atom is -0.468 e. The van der Waals surface area contributed by atoms with Gasteiger partial charge < -0.3 is 9.47 Å². The molecule has 0 aliphatic carbocycles. The highest BCUT2D eigenvalue weighted by molar-refractivity contribution is 6.11. The molecule has 0 saturated heterocycles. The number of rotatable bonds is 2. The molecule has 3 rings (SSSR count). The van der Waals surface area contributed by atoms with Gasteiger partial charge in [0, 0.05) is 6.20 Å². The quantitative estimate of drug-likeness (QED) is 0.796. The van der Waals surface area contributed by atoms with Gasteiger partial charge in [-0.25, -0.2) is 4.98 Å². The van der Waals surface area contributed by atoms with Crippen LogP contribution in [-0.4, -0.2) is 30.5 Å². The summed E-state index contributed by atoms with van der Waals surface area (Å²) >= 11 is 0. The molecule has 22 heavy (non-hydrogen) atoms. The van der Waals surface area contributed by atoms with Gasteiger partial charge in [0.05, 0.1) is 12.8 Å². The van der Waals surface area contributed by atoms with Gasteiger partial charge in [0.2, 0.25) is 5.88 Å². The van der Waals surface area contributed by atoms with Gasteiger partial charge in [0.15, 0.2) is 5.75 Å². The number of aryl methyl sites for hydroxylation is 1. The standard InChI is InChI=1S/C16H14N2O4/c1-10-5-6-13-12(8-10)18(9-14(19)21-2)16(20)11-4-3-7-17-15(11)22-13/h3-8H,9H2,1-2H3. The minimum absolute atomic E-state index is 0.191. The van der Waals surface area contributed by atoms with Gasteiger partial charge in [0.25, 0.3) is 5.91 Å². The Balaban J connectivity index is 2.16. The third-order valence-corrected chi connectivity index (χ3v) is 3.37. The summed E-state index contributed by atoms with van der Waals surface area (Å²) in [4.78, 5) is 29.9. The van der Waals surface area contributed by atoms with Crippen molar-refractivity contribution in [1.82, 2.24) is 4.98 Å². The minimum atomic E-state index is -0.506. The molecule has 0 N–H and O–H groups in total. The molecular weight excluding hydrogens is 284 g/mol. The molecule has 0 fully saturated rings. The van der Waals surface area contributed by atoms with Gasteiger partial charge in [-0.2, -0.15) is 0 Å². The Kier molecular flexibility index (Phi) is 3.50. The van der Waals surface area contributed by atoms with Crippen molar-refractivity contribution in [2.75, 3.05) is 18.6 Å². The van der Waals surface area contributed by atoms with E-state index in [1.165, 1.54) is 12.0 Å². The number of pyridine rings is 1. The van der Waals surface area contributed by atoms with E-state index in [0.717, 1.165) is 5.56 Å².